The lowest BCUT2D eigenvalue weighted by atomic mass is 10.0. The second kappa shape index (κ2) is 9.45. The molecule has 3 rings (SSSR count). The predicted octanol–water partition coefficient (Wildman–Crippen LogP) is 4.71. The second-order valence-electron chi connectivity index (χ2n) is 6.88. The zero-order valence-corrected chi connectivity index (χ0v) is 17.1. The first-order valence-corrected chi connectivity index (χ1v) is 9.92. The summed E-state index contributed by atoms with van der Waals surface area (Å²) in [5.41, 5.74) is 0.562. The molecule has 1 aliphatic heterocycles. The Hall–Kier alpha value is -1.97. The normalized spacial score (nSPS) is 17.0. The Balaban J connectivity index is 1.79. The highest BCUT2D eigenvalue weighted by molar-refractivity contribution is 6.43. The number of nitrogens with one attached hydrogen (secondary N) is 1. The molecule has 162 valence electrons. The third kappa shape index (κ3) is 5.39. The first-order chi connectivity index (χ1) is 14.2. The van der Waals surface area contributed by atoms with Crippen LogP contribution < -0.4 is 5.32 Å². The van der Waals surface area contributed by atoms with Crippen molar-refractivity contribution in [3.63, 3.8) is 0 Å². The van der Waals surface area contributed by atoms with E-state index in [0.29, 0.717) is 31.5 Å². The molecule has 1 atom stereocenters. The van der Waals surface area contributed by atoms with Crippen molar-refractivity contribution in [2.24, 2.45) is 0 Å². The molecule has 1 fully saturated rings. The Kier molecular flexibility index (Phi) is 7.15. The minimum atomic E-state index is -4.65. The van der Waals surface area contributed by atoms with Crippen LogP contribution in [0.15, 0.2) is 30.6 Å². The number of rotatable bonds is 5. The van der Waals surface area contributed by atoms with Gasteiger partial charge in [0, 0.05) is 37.6 Å². The van der Waals surface area contributed by atoms with Gasteiger partial charge < -0.3 is 5.32 Å². The highest BCUT2D eigenvalue weighted by Crippen LogP contribution is 2.29. The molecule has 1 aliphatic rings. The molecule has 0 aliphatic carbocycles. The molecule has 11 heteroatoms. The zero-order valence-electron chi connectivity index (χ0n) is 15.6. The van der Waals surface area contributed by atoms with Gasteiger partial charge >= 0.3 is 6.18 Å². The number of hydrogen-bond donors (Lipinski definition) is 1. The number of nitrogens with zero attached hydrogens (tertiary/aromatic N) is 3. The van der Waals surface area contributed by atoms with Crippen molar-refractivity contribution in [1.29, 1.82) is 0 Å². The molecule has 1 saturated heterocycles. The van der Waals surface area contributed by atoms with Crippen LogP contribution in [0.5, 0.6) is 0 Å². The average Bonchev–Trinajstić information content (AvgIpc) is 2.71. The predicted molar refractivity (Wildman–Crippen MR) is 104 cm³/mol. The lowest BCUT2D eigenvalue weighted by molar-refractivity contribution is -0.145. The minimum absolute atomic E-state index is 0.0490. The van der Waals surface area contributed by atoms with Crippen molar-refractivity contribution in [2.45, 2.75) is 31.2 Å². The Bertz CT molecular complexity index is 887. The van der Waals surface area contributed by atoms with Gasteiger partial charge in [-0.05, 0) is 25.0 Å². The van der Waals surface area contributed by atoms with E-state index in [-0.39, 0.29) is 22.2 Å². The van der Waals surface area contributed by atoms with E-state index < -0.39 is 30.1 Å². The summed E-state index contributed by atoms with van der Waals surface area (Å²) < 4.78 is 51.9. The Morgan fingerprint density at radius 1 is 1.20 bits per heavy atom. The molecule has 1 aromatic carbocycles. The van der Waals surface area contributed by atoms with Crippen LogP contribution in [0.3, 0.4) is 0 Å². The largest absolute Gasteiger partial charge is 0.451 e. The van der Waals surface area contributed by atoms with E-state index >= 15 is 0 Å². The molecule has 2 aromatic rings. The fourth-order valence-electron chi connectivity index (χ4n) is 3.26. The van der Waals surface area contributed by atoms with Crippen molar-refractivity contribution in [3.8, 4) is 0 Å². The van der Waals surface area contributed by atoms with Gasteiger partial charge in [0.15, 0.2) is 0 Å². The summed E-state index contributed by atoms with van der Waals surface area (Å²) in [5, 5.41) is 3.05. The second-order valence-corrected chi connectivity index (χ2v) is 7.66. The number of aromatic nitrogens is 2. The highest BCUT2D eigenvalue weighted by atomic mass is 35.5. The summed E-state index contributed by atoms with van der Waals surface area (Å²) in [6.07, 6.45) is -2.82. The van der Waals surface area contributed by atoms with Crippen molar-refractivity contribution in [1.82, 2.24) is 20.2 Å². The fourth-order valence-corrected chi connectivity index (χ4v) is 3.64. The first-order valence-electron chi connectivity index (χ1n) is 9.16. The topological polar surface area (TPSA) is 58.1 Å². The summed E-state index contributed by atoms with van der Waals surface area (Å²) in [6.45, 7) is 0.828. The minimum Gasteiger partial charge on any atom is -0.350 e. The van der Waals surface area contributed by atoms with Gasteiger partial charge in [0.2, 0.25) is 5.82 Å². The molecule has 1 amide bonds. The van der Waals surface area contributed by atoms with Crippen molar-refractivity contribution >= 4 is 29.1 Å². The molecule has 5 nitrogen and oxygen atoms in total. The SMILES string of the molecule is O=C(NCC(c1cnc(C(F)(F)F)nc1)N1CCC(F)CC1)c1cccc(Cl)c1Cl. The van der Waals surface area contributed by atoms with E-state index in [2.05, 4.69) is 15.3 Å². The lowest BCUT2D eigenvalue weighted by Gasteiger charge is -2.35. The van der Waals surface area contributed by atoms with Gasteiger partial charge in [-0.25, -0.2) is 14.4 Å². The zero-order chi connectivity index (χ0) is 21.9. The van der Waals surface area contributed by atoms with E-state index in [9.17, 15) is 22.4 Å². The van der Waals surface area contributed by atoms with Crippen LogP contribution in [0.2, 0.25) is 10.0 Å². The van der Waals surface area contributed by atoms with Gasteiger partial charge in [0.1, 0.15) is 6.17 Å². The van der Waals surface area contributed by atoms with Gasteiger partial charge in [-0.2, -0.15) is 13.2 Å². The summed E-state index contributed by atoms with van der Waals surface area (Å²) in [5.74, 6) is -1.73. The molecule has 0 radical (unpaired) electrons. The molecule has 0 bridgehead atoms. The molecule has 0 saturated carbocycles. The van der Waals surface area contributed by atoms with E-state index in [1.807, 2.05) is 4.90 Å². The third-order valence-corrected chi connectivity index (χ3v) is 5.68. The lowest BCUT2D eigenvalue weighted by Crippen LogP contribution is -2.42. The van der Waals surface area contributed by atoms with Crippen molar-refractivity contribution < 1.29 is 22.4 Å². The third-order valence-electron chi connectivity index (χ3n) is 4.86. The Morgan fingerprint density at radius 3 is 2.43 bits per heavy atom. The molecule has 0 spiro atoms. The van der Waals surface area contributed by atoms with Crippen molar-refractivity contribution in [3.05, 3.63) is 57.6 Å². The van der Waals surface area contributed by atoms with E-state index in [0.717, 1.165) is 12.4 Å². The van der Waals surface area contributed by atoms with Gasteiger partial charge in [0.25, 0.3) is 5.91 Å². The summed E-state index contributed by atoms with van der Waals surface area (Å²) in [6, 6.07) is 4.11. The van der Waals surface area contributed by atoms with Crippen molar-refractivity contribution in [2.75, 3.05) is 19.6 Å². The number of carbonyl (C=O) groups excluding carboxylic acids is 1. The molecule has 1 N–H and O–H groups in total. The molecule has 2 heterocycles. The molecular weight excluding hydrogens is 447 g/mol. The van der Waals surface area contributed by atoms with E-state index in [4.69, 9.17) is 23.2 Å². The number of hydrogen-bond acceptors (Lipinski definition) is 4. The first kappa shape index (κ1) is 22.7. The van der Waals surface area contributed by atoms with E-state index in [1.54, 1.807) is 12.1 Å². The fraction of sp³-hybridized carbons (Fsp3) is 0.421. The molecule has 30 heavy (non-hydrogen) atoms. The van der Waals surface area contributed by atoms with Gasteiger partial charge in [-0.1, -0.05) is 29.3 Å². The maximum absolute atomic E-state index is 13.6. The highest BCUT2D eigenvalue weighted by Gasteiger charge is 2.35. The van der Waals surface area contributed by atoms with Crippen LogP contribution >= 0.6 is 23.2 Å². The van der Waals surface area contributed by atoms with Gasteiger partial charge in [-0.15, -0.1) is 0 Å². The summed E-state index contributed by atoms with van der Waals surface area (Å²) >= 11 is 12.0. The Morgan fingerprint density at radius 2 is 1.83 bits per heavy atom. The number of alkyl halides is 4. The number of benzene rings is 1. The molecular formula is C19H18Cl2F4N4O. The maximum atomic E-state index is 13.6. The summed E-state index contributed by atoms with van der Waals surface area (Å²) in [7, 11) is 0. The Labute approximate surface area is 180 Å². The monoisotopic (exact) mass is 464 g/mol. The van der Waals surface area contributed by atoms with Crippen LogP contribution in [0.25, 0.3) is 0 Å². The number of carbonyl (C=O) groups is 1. The number of likely N-dealkylation sites (tertiary alicyclic amines) is 1. The van der Waals surface area contributed by atoms with Crippen LogP contribution in [0.4, 0.5) is 17.6 Å². The standard InChI is InChI=1S/C19H18Cl2F4N4O/c20-14-3-1-2-13(16(14)21)17(30)26-10-15(29-6-4-12(22)5-7-29)11-8-27-18(28-9-11)19(23,24)25/h1-3,8-9,12,15H,4-7,10H2,(H,26,30). The van der Waals surface area contributed by atoms with Gasteiger partial charge in [0.05, 0.1) is 21.7 Å². The van der Waals surface area contributed by atoms with Crippen LogP contribution in [-0.2, 0) is 6.18 Å². The summed E-state index contributed by atoms with van der Waals surface area (Å²) in [4.78, 5) is 21.3. The molecule has 1 unspecified atom stereocenters. The average molecular weight is 465 g/mol. The number of piperidine rings is 1. The van der Waals surface area contributed by atoms with Crippen LogP contribution in [-0.4, -0.2) is 46.6 Å². The van der Waals surface area contributed by atoms with Gasteiger partial charge in [-0.3, -0.25) is 9.69 Å². The smallest absolute Gasteiger partial charge is 0.350 e. The van der Waals surface area contributed by atoms with Crippen LogP contribution in [0.1, 0.15) is 40.6 Å². The quantitative estimate of drug-likeness (QED) is 0.651. The van der Waals surface area contributed by atoms with E-state index in [1.165, 1.54) is 6.07 Å². The number of halogens is 6. The van der Waals surface area contributed by atoms with Crippen LogP contribution in [0, 0.1) is 0 Å². The molecule has 1 aromatic heterocycles. The maximum Gasteiger partial charge on any atom is 0.451 e. The number of amides is 1.